The van der Waals surface area contributed by atoms with Crippen LogP contribution in [-0.2, 0) is 21.2 Å². The number of sulfonamides is 1. The first-order chi connectivity index (χ1) is 17.3. The first-order valence-corrected chi connectivity index (χ1v) is 12.8. The maximum absolute atomic E-state index is 13.6. The van der Waals surface area contributed by atoms with Gasteiger partial charge in [-0.3, -0.25) is 9.59 Å². The van der Waals surface area contributed by atoms with Gasteiger partial charge in [0.05, 0.1) is 19.3 Å². The van der Waals surface area contributed by atoms with Crippen LogP contribution in [-0.4, -0.2) is 53.6 Å². The highest BCUT2D eigenvalue weighted by atomic mass is 32.2. The van der Waals surface area contributed by atoms with E-state index >= 15 is 0 Å². The zero-order valence-electron chi connectivity index (χ0n) is 19.9. The van der Waals surface area contributed by atoms with Gasteiger partial charge in [0.1, 0.15) is 16.4 Å². The van der Waals surface area contributed by atoms with Crippen LogP contribution in [0.15, 0.2) is 77.7 Å². The molecule has 0 fully saturated rings. The van der Waals surface area contributed by atoms with Crippen LogP contribution < -0.4 is 24.4 Å². The minimum Gasteiger partial charge on any atom is -0.495 e. The minimum absolute atomic E-state index is 0.0346. The lowest BCUT2D eigenvalue weighted by atomic mass is 10.1. The second-order valence-electron chi connectivity index (χ2n) is 8.09. The van der Waals surface area contributed by atoms with Gasteiger partial charge >= 0.3 is 0 Å². The van der Waals surface area contributed by atoms with Crippen molar-refractivity contribution in [3.05, 3.63) is 83.9 Å². The number of methoxy groups -OCH3 is 1. The molecule has 0 unspecified atom stereocenters. The number of para-hydroxylation sites is 2. The fourth-order valence-electron chi connectivity index (χ4n) is 3.94. The lowest BCUT2D eigenvalue weighted by Crippen LogP contribution is -2.51. The molecule has 1 heterocycles. The quantitative estimate of drug-likeness (QED) is 0.482. The van der Waals surface area contributed by atoms with E-state index in [1.54, 1.807) is 24.3 Å². The van der Waals surface area contributed by atoms with E-state index in [2.05, 4.69) is 10.0 Å². The Morgan fingerprint density at radius 3 is 2.50 bits per heavy atom. The lowest BCUT2D eigenvalue weighted by molar-refractivity contribution is -0.127. The van der Waals surface area contributed by atoms with E-state index in [-0.39, 0.29) is 28.7 Å². The molecule has 0 aliphatic carbocycles. The predicted octanol–water partition coefficient (Wildman–Crippen LogP) is 2.37. The number of anilines is 1. The van der Waals surface area contributed by atoms with Crippen molar-refractivity contribution in [2.75, 3.05) is 32.1 Å². The van der Waals surface area contributed by atoms with Gasteiger partial charge in [-0.1, -0.05) is 42.5 Å². The Kier molecular flexibility index (Phi) is 7.56. The van der Waals surface area contributed by atoms with E-state index in [0.29, 0.717) is 24.4 Å². The number of carbonyl (C=O) groups is 2. The van der Waals surface area contributed by atoms with E-state index in [1.807, 2.05) is 30.3 Å². The van der Waals surface area contributed by atoms with Crippen LogP contribution in [0.5, 0.6) is 11.5 Å². The molecule has 0 saturated carbocycles. The van der Waals surface area contributed by atoms with Crippen LogP contribution >= 0.6 is 0 Å². The molecule has 0 spiro atoms. The molecule has 36 heavy (non-hydrogen) atoms. The molecule has 10 heteroatoms. The van der Waals surface area contributed by atoms with Gasteiger partial charge in [0.25, 0.3) is 11.8 Å². The van der Waals surface area contributed by atoms with Gasteiger partial charge in [-0.2, -0.15) is 0 Å². The summed E-state index contributed by atoms with van der Waals surface area (Å²) in [7, 11) is -1.25. The molecule has 2 N–H and O–H groups in total. The van der Waals surface area contributed by atoms with E-state index in [9.17, 15) is 18.0 Å². The Morgan fingerprint density at radius 2 is 1.78 bits per heavy atom. The molecule has 0 saturated heterocycles. The van der Waals surface area contributed by atoms with Gasteiger partial charge in [-0.25, -0.2) is 13.1 Å². The maximum Gasteiger partial charge on any atom is 0.262 e. The van der Waals surface area contributed by atoms with Gasteiger partial charge in [0.2, 0.25) is 10.0 Å². The number of hydrogen-bond donors (Lipinski definition) is 2. The highest BCUT2D eigenvalue weighted by Gasteiger charge is 2.34. The Labute approximate surface area is 210 Å². The Hall–Kier alpha value is -3.89. The van der Waals surface area contributed by atoms with Crippen LogP contribution in [0.4, 0.5) is 5.69 Å². The average molecular weight is 510 g/mol. The van der Waals surface area contributed by atoms with Crippen LogP contribution in [0.1, 0.15) is 15.9 Å². The van der Waals surface area contributed by atoms with Crippen molar-refractivity contribution in [1.82, 2.24) is 10.0 Å². The molecular weight excluding hydrogens is 482 g/mol. The van der Waals surface area contributed by atoms with Crippen molar-refractivity contribution in [3.63, 3.8) is 0 Å². The third kappa shape index (κ3) is 5.34. The molecule has 4 rings (SSSR count). The summed E-state index contributed by atoms with van der Waals surface area (Å²) >= 11 is 0. The van der Waals surface area contributed by atoms with Crippen molar-refractivity contribution < 1.29 is 27.5 Å². The fraction of sp³-hybridized carbons (Fsp3) is 0.231. The number of carbonyl (C=O) groups excluding carboxylic acids is 2. The molecule has 3 aromatic rings. The molecule has 188 valence electrons. The van der Waals surface area contributed by atoms with E-state index in [4.69, 9.17) is 9.47 Å². The summed E-state index contributed by atoms with van der Waals surface area (Å²) in [5.41, 5.74) is 1.71. The standard InChI is InChI=1S/C26H27N3O6S/c1-27-36(32,33)24-16-19(12-13-22(24)34-2)26(31)29-17-23(35-21-11-7-6-10-20(21)29)25(30)28-15-14-18-8-4-3-5-9-18/h3-13,16,23,27H,14-15,17H2,1-2H3,(H,28,30)/t23-/m0/s1. The van der Waals surface area contributed by atoms with Crippen molar-refractivity contribution in [2.24, 2.45) is 0 Å². The highest BCUT2D eigenvalue weighted by molar-refractivity contribution is 7.89. The summed E-state index contributed by atoms with van der Waals surface area (Å²) < 4.78 is 38.3. The molecule has 1 aliphatic heterocycles. The fourth-order valence-corrected chi connectivity index (χ4v) is 4.86. The van der Waals surface area contributed by atoms with Crippen LogP contribution in [0.3, 0.4) is 0 Å². The third-order valence-electron chi connectivity index (χ3n) is 5.84. The van der Waals surface area contributed by atoms with Gasteiger partial charge < -0.3 is 19.7 Å². The Morgan fingerprint density at radius 1 is 1.06 bits per heavy atom. The number of rotatable bonds is 8. The lowest BCUT2D eigenvalue weighted by Gasteiger charge is -2.34. The summed E-state index contributed by atoms with van der Waals surface area (Å²) in [5, 5.41) is 2.88. The van der Waals surface area contributed by atoms with E-state index in [1.165, 1.54) is 37.3 Å². The predicted molar refractivity (Wildman–Crippen MR) is 135 cm³/mol. The maximum atomic E-state index is 13.6. The Bertz CT molecular complexity index is 1360. The van der Waals surface area contributed by atoms with Crippen LogP contribution in [0, 0.1) is 0 Å². The summed E-state index contributed by atoms with van der Waals surface area (Å²) in [5.74, 6) is -0.315. The van der Waals surface area contributed by atoms with E-state index in [0.717, 1.165) is 5.56 Å². The number of nitrogens with zero attached hydrogens (tertiary/aromatic N) is 1. The minimum atomic E-state index is -3.88. The zero-order chi connectivity index (χ0) is 25.7. The zero-order valence-corrected chi connectivity index (χ0v) is 20.7. The Balaban J connectivity index is 1.57. The third-order valence-corrected chi connectivity index (χ3v) is 7.27. The van der Waals surface area contributed by atoms with Crippen molar-refractivity contribution in [3.8, 4) is 11.5 Å². The topological polar surface area (TPSA) is 114 Å². The largest absolute Gasteiger partial charge is 0.495 e. The summed E-state index contributed by atoms with van der Waals surface area (Å²) in [6, 6.07) is 20.9. The number of amides is 2. The summed E-state index contributed by atoms with van der Waals surface area (Å²) in [4.78, 5) is 27.8. The molecular formula is C26H27N3O6S. The monoisotopic (exact) mass is 509 g/mol. The molecule has 3 aromatic carbocycles. The normalized spacial score (nSPS) is 14.9. The molecule has 1 atom stereocenters. The SMILES string of the molecule is CNS(=O)(=O)c1cc(C(=O)N2C[C@@H](C(=O)NCCc3ccccc3)Oc3ccccc32)ccc1OC. The molecule has 1 aliphatic rings. The summed E-state index contributed by atoms with van der Waals surface area (Å²) in [6.45, 7) is 0.384. The first-order valence-electron chi connectivity index (χ1n) is 11.3. The van der Waals surface area contributed by atoms with Crippen molar-refractivity contribution >= 4 is 27.5 Å². The van der Waals surface area contributed by atoms with E-state index < -0.39 is 22.0 Å². The van der Waals surface area contributed by atoms with Crippen molar-refractivity contribution in [2.45, 2.75) is 17.4 Å². The van der Waals surface area contributed by atoms with Gasteiger partial charge in [-0.15, -0.1) is 0 Å². The second-order valence-corrected chi connectivity index (χ2v) is 9.94. The van der Waals surface area contributed by atoms with Crippen LogP contribution in [0.25, 0.3) is 0 Å². The highest BCUT2D eigenvalue weighted by Crippen LogP contribution is 2.35. The number of ether oxygens (including phenoxy) is 2. The smallest absolute Gasteiger partial charge is 0.262 e. The average Bonchev–Trinajstić information content (AvgIpc) is 2.92. The molecule has 2 amide bonds. The number of benzene rings is 3. The number of fused-ring (bicyclic) bond motifs is 1. The molecule has 0 aromatic heterocycles. The van der Waals surface area contributed by atoms with Crippen LogP contribution in [0.2, 0.25) is 0 Å². The summed E-state index contributed by atoms with van der Waals surface area (Å²) in [6.07, 6.45) is -0.272. The molecule has 0 radical (unpaired) electrons. The van der Waals surface area contributed by atoms with Crippen molar-refractivity contribution in [1.29, 1.82) is 0 Å². The van der Waals surface area contributed by atoms with Gasteiger partial charge in [0.15, 0.2) is 6.10 Å². The first kappa shape index (κ1) is 25.2. The second kappa shape index (κ2) is 10.8. The van der Waals surface area contributed by atoms with Gasteiger partial charge in [0, 0.05) is 12.1 Å². The number of nitrogens with one attached hydrogen (secondary N) is 2. The molecule has 9 nitrogen and oxygen atoms in total. The molecule has 0 bridgehead atoms. The number of hydrogen-bond acceptors (Lipinski definition) is 6. The van der Waals surface area contributed by atoms with Gasteiger partial charge in [-0.05, 0) is 49.4 Å².